The number of carbonyl (C=O) groups is 1. The van der Waals surface area contributed by atoms with Gasteiger partial charge in [0.1, 0.15) is 11.4 Å². The third-order valence-electron chi connectivity index (χ3n) is 3.70. The number of H-pyrrole nitrogens is 1. The van der Waals surface area contributed by atoms with Crippen LogP contribution >= 0.6 is 11.6 Å². The van der Waals surface area contributed by atoms with E-state index in [2.05, 4.69) is 10.3 Å². The molecule has 0 saturated heterocycles. The average molecular weight is 375 g/mol. The van der Waals surface area contributed by atoms with Crippen molar-refractivity contribution in [3.8, 4) is 0 Å². The maximum absolute atomic E-state index is 13.9. The van der Waals surface area contributed by atoms with Crippen molar-refractivity contribution in [3.63, 3.8) is 0 Å². The Hall–Kier alpha value is -2.66. The molecule has 0 saturated carbocycles. The van der Waals surface area contributed by atoms with Gasteiger partial charge in [0, 0.05) is 23.2 Å². The summed E-state index contributed by atoms with van der Waals surface area (Å²) in [5.74, 6) is -1.04. The van der Waals surface area contributed by atoms with Crippen molar-refractivity contribution in [1.29, 1.82) is 0 Å². The molecule has 0 fully saturated rings. The fraction of sp³-hybridized carbons (Fsp3) is 0.200. The molecule has 0 atom stereocenters. The van der Waals surface area contributed by atoms with Gasteiger partial charge in [-0.05, 0) is 42.3 Å². The molecule has 3 aromatic rings. The standard InChI is InChI=1S/C18H14ClFN2O2.C2H6/c1-10-6-13-16(15(20)7-10)21-9-14(17(13)23)18(24)22-8-11-2-4-12(19)5-3-11;1-2/h2-7,9H,8H2,1H3,(H,21,23)(H,22,24);1-2H3. The first kappa shape index (κ1) is 19.7. The van der Waals surface area contributed by atoms with Gasteiger partial charge < -0.3 is 10.3 Å². The van der Waals surface area contributed by atoms with Gasteiger partial charge >= 0.3 is 0 Å². The zero-order chi connectivity index (χ0) is 19.3. The monoisotopic (exact) mass is 374 g/mol. The Balaban J connectivity index is 0.00000117. The minimum absolute atomic E-state index is 0.0542. The summed E-state index contributed by atoms with van der Waals surface area (Å²) in [6.45, 7) is 5.95. The van der Waals surface area contributed by atoms with E-state index in [1.807, 2.05) is 13.8 Å². The number of rotatable bonds is 3. The molecular formula is C20H20ClFN2O2. The Kier molecular flexibility index (Phi) is 6.52. The number of halogens is 2. The average Bonchev–Trinajstić information content (AvgIpc) is 2.63. The maximum Gasteiger partial charge on any atom is 0.257 e. The van der Waals surface area contributed by atoms with Crippen LogP contribution in [0.1, 0.15) is 35.3 Å². The fourth-order valence-corrected chi connectivity index (χ4v) is 2.60. The van der Waals surface area contributed by atoms with Crippen molar-refractivity contribution >= 4 is 28.4 Å². The van der Waals surface area contributed by atoms with Crippen LogP contribution in [-0.4, -0.2) is 10.9 Å². The molecule has 0 unspecified atom stereocenters. The highest BCUT2D eigenvalue weighted by molar-refractivity contribution is 6.30. The van der Waals surface area contributed by atoms with Gasteiger partial charge in [-0.3, -0.25) is 9.59 Å². The van der Waals surface area contributed by atoms with Gasteiger partial charge in [0.15, 0.2) is 0 Å². The number of benzene rings is 2. The van der Waals surface area contributed by atoms with Crippen LogP contribution < -0.4 is 10.7 Å². The molecule has 1 heterocycles. The molecule has 0 aliphatic rings. The summed E-state index contributed by atoms with van der Waals surface area (Å²) in [5, 5.41) is 3.44. The molecule has 2 aromatic carbocycles. The lowest BCUT2D eigenvalue weighted by molar-refractivity contribution is 0.0949. The van der Waals surface area contributed by atoms with Crippen molar-refractivity contribution in [2.75, 3.05) is 0 Å². The van der Waals surface area contributed by atoms with Crippen LogP contribution in [0.15, 0.2) is 47.4 Å². The minimum Gasteiger partial charge on any atom is -0.358 e. The number of hydrogen-bond donors (Lipinski definition) is 2. The van der Waals surface area contributed by atoms with Gasteiger partial charge in [-0.25, -0.2) is 4.39 Å². The number of fused-ring (bicyclic) bond motifs is 1. The van der Waals surface area contributed by atoms with Gasteiger partial charge in [0.05, 0.1) is 5.52 Å². The van der Waals surface area contributed by atoms with E-state index >= 15 is 0 Å². The predicted molar refractivity (Wildman–Crippen MR) is 103 cm³/mol. The zero-order valence-electron chi connectivity index (χ0n) is 14.8. The number of amides is 1. The lowest BCUT2D eigenvalue weighted by Gasteiger charge is -2.07. The van der Waals surface area contributed by atoms with Crippen LogP contribution in [0.2, 0.25) is 5.02 Å². The molecule has 0 radical (unpaired) electrons. The summed E-state index contributed by atoms with van der Waals surface area (Å²) < 4.78 is 13.9. The van der Waals surface area contributed by atoms with Crippen LogP contribution in [0.25, 0.3) is 10.9 Å². The molecule has 1 amide bonds. The quantitative estimate of drug-likeness (QED) is 0.704. The Labute approximate surface area is 156 Å². The van der Waals surface area contributed by atoms with Crippen LogP contribution in [0.3, 0.4) is 0 Å². The number of nitrogens with one attached hydrogen (secondary N) is 2. The van der Waals surface area contributed by atoms with Crippen LogP contribution in [0, 0.1) is 12.7 Å². The summed E-state index contributed by atoms with van der Waals surface area (Å²) in [5.41, 5.74) is 1.01. The van der Waals surface area contributed by atoms with E-state index in [1.165, 1.54) is 12.3 Å². The molecule has 0 bridgehead atoms. The van der Waals surface area contributed by atoms with E-state index in [1.54, 1.807) is 37.3 Å². The zero-order valence-corrected chi connectivity index (χ0v) is 15.6. The van der Waals surface area contributed by atoms with Gasteiger partial charge in [0.2, 0.25) is 5.43 Å². The van der Waals surface area contributed by atoms with E-state index < -0.39 is 17.2 Å². The Morgan fingerprint density at radius 3 is 2.50 bits per heavy atom. The first-order chi connectivity index (χ1) is 12.5. The van der Waals surface area contributed by atoms with E-state index in [0.717, 1.165) is 5.56 Å². The number of aromatic amines is 1. The van der Waals surface area contributed by atoms with Crippen molar-refractivity contribution in [2.45, 2.75) is 27.3 Å². The highest BCUT2D eigenvalue weighted by atomic mass is 35.5. The number of pyridine rings is 1. The molecule has 136 valence electrons. The van der Waals surface area contributed by atoms with Crippen LogP contribution in [-0.2, 0) is 6.54 Å². The number of hydrogen-bond acceptors (Lipinski definition) is 2. The fourth-order valence-electron chi connectivity index (χ4n) is 2.47. The summed E-state index contributed by atoms with van der Waals surface area (Å²) >= 11 is 5.81. The Morgan fingerprint density at radius 1 is 1.19 bits per heavy atom. The normalized spacial score (nSPS) is 10.2. The Bertz CT molecular complexity index is 982. The second kappa shape index (κ2) is 8.63. The minimum atomic E-state index is -0.519. The Morgan fingerprint density at radius 2 is 1.85 bits per heavy atom. The second-order valence-electron chi connectivity index (χ2n) is 5.51. The molecule has 0 spiro atoms. The predicted octanol–water partition coefficient (Wildman–Crippen LogP) is 4.59. The topological polar surface area (TPSA) is 62.0 Å². The molecule has 2 N–H and O–H groups in total. The van der Waals surface area contributed by atoms with Crippen LogP contribution in [0.5, 0.6) is 0 Å². The van der Waals surface area contributed by atoms with Crippen LogP contribution in [0.4, 0.5) is 4.39 Å². The van der Waals surface area contributed by atoms with E-state index in [4.69, 9.17) is 11.6 Å². The number of aromatic nitrogens is 1. The number of carbonyl (C=O) groups excluding carboxylic acids is 1. The molecule has 0 aliphatic heterocycles. The summed E-state index contributed by atoms with van der Waals surface area (Å²) in [7, 11) is 0. The molecular weight excluding hydrogens is 355 g/mol. The van der Waals surface area contributed by atoms with Crippen molar-refractivity contribution < 1.29 is 9.18 Å². The summed E-state index contributed by atoms with van der Waals surface area (Å²) in [4.78, 5) is 27.4. The number of aryl methyl sites for hydroxylation is 1. The molecule has 3 rings (SSSR count). The largest absolute Gasteiger partial charge is 0.358 e. The van der Waals surface area contributed by atoms with Crippen molar-refractivity contribution in [1.82, 2.24) is 10.3 Å². The van der Waals surface area contributed by atoms with Crippen molar-refractivity contribution in [3.05, 3.63) is 80.3 Å². The third kappa shape index (κ3) is 4.29. The van der Waals surface area contributed by atoms with Gasteiger partial charge in [-0.2, -0.15) is 0 Å². The lowest BCUT2D eigenvalue weighted by Crippen LogP contribution is -2.28. The van der Waals surface area contributed by atoms with E-state index in [9.17, 15) is 14.0 Å². The third-order valence-corrected chi connectivity index (χ3v) is 3.95. The lowest BCUT2D eigenvalue weighted by atomic mass is 10.1. The first-order valence-electron chi connectivity index (χ1n) is 8.30. The maximum atomic E-state index is 13.9. The molecule has 4 nitrogen and oxygen atoms in total. The molecule has 26 heavy (non-hydrogen) atoms. The highest BCUT2D eigenvalue weighted by Gasteiger charge is 2.15. The smallest absolute Gasteiger partial charge is 0.257 e. The molecule has 0 aliphatic carbocycles. The van der Waals surface area contributed by atoms with Crippen molar-refractivity contribution in [2.24, 2.45) is 0 Å². The second-order valence-corrected chi connectivity index (χ2v) is 5.95. The van der Waals surface area contributed by atoms with Gasteiger partial charge in [0.25, 0.3) is 5.91 Å². The molecule has 1 aromatic heterocycles. The van der Waals surface area contributed by atoms with E-state index in [0.29, 0.717) is 10.6 Å². The summed E-state index contributed by atoms with van der Waals surface area (Å²) in [6, 6.07) is 9.90. The van der Waals surface area contributed by atoms with Gasteiger partial charge in [-0.15, -0.1) is 0 Å². The SMILES string of the molecule is CC.Cc1cc(F)c2[nH]cc(C(=O)NCc3ccc(Cl)cc3)c(=O)c2c1. The van der Waals surface area contributed by atoms with Gasteiger partial charge in [-0.1, -0.05) is 37.6 Å². The van der Waals surface area contributed by atoms with E-state index in [-0.39, 0.29) is 23.0 Å². The highest BCUT2D eigenvalue weighted by Crippen LogP contribution is 2.15. The first-order valence-corrected chi connectivity index (χ1v) is 8.67. The molecule has 6 heteroatoms. The summed E-state index contributed by atoms with van der Waals surface area (Å²) in [6.07, 6.45) is 1.24.